The van der Waals surface area contributed by atoms with E-state index in [-0.39, 0.29) is 5.91 Å². The van der Waals surface area contributed by atoms with Crippen LogP contribution in [-0.4, -0.2) is 27.9 Å². The number of nitrogens with one attached hydrogen (secondary N) is 1. The normalized spacial score (nSPS) is 15.8. The molecule has 0 saturated heterocycles. The molecule has 0 aliphatic heterocycles. The molecule has 0 radical (unpaired) electrons. The van der Waals surface area contributed by atoms with E-state index in [4.69, 9.17) is 4.42 Å². The molecule has 0 spiro atoms. The number of aryl methyl sites for hydroxylation is 2. The van der Waals surface area contributed by atoms with Crippen LogP contribution in [0, 0.1) is 13.8 Å². The van der Waals surface area contributed by atoms with Crippen molar-refractivity contribution in [2.75, 3.05) is 5.75 Å². The number of benzene rings is 1. The molecule has 1 saturated carbocycles. The van der Waals surface area contributed by atoms with Crippen LogP contribution in [0.4, 0.5) is 0 Å². The Morgan fingerprint density at radius 1 is 1.16 bits per heavy atom. The molecule has 5 nitrogen and oxygen atoms in total. The molecule has 0 atom stereocenters. The van der Waals surface area contributed by atoms with Gasteiger partial charge in [0.25, 0.3) is 5.22 Å². The molecule has 1 amide bonds. The molecule has 25 heavy (non-hydrogen) atoms. The van der Waals surface area contributed by atoms with E-state index in [9.17, 15) is 4.79 Å². The van der Waals surface area contributed by atoms with Gasteiger partial charge >= 0.3 is 0 Å². The maximum atomic E-state index is 12.1. The number of rotatable bonds is 5. The fourth-order valence-corrected chi connectivity index (χ4v) is 3.65. The largest absolute Gasteiger partial charge is 0.411 e. The Morgan fingerprint density at radius 3 is 2.64 bits per heavy atom. The highest BCUT2D eigenvalue weighted by Crippen LogP contribution is 2.25. The van der Waals surface area contributed by atoms with Crippen molar-refractivity contribution in [2.24, 2.45) is 0 Å². The van der Waals surface area contributed by atoms with Gasteiger partial charge in [0.15, 0.2) is 0 Å². The van der Waals surface area contributed by atoms with E-state index in [1.54, 1.807) is 0 Å². The molecule has 134 valence electrons. The van der Waals surface area contributed by atoms with Gasteiger partial charge in [-0.05, 0) is 49.9 Å². The molecule has 0 unspecified atom stereocenters. The van der Waals surface area contributed by atoms with Gasteiger partial charge in [-0.25, -0.2) is 0 Å². The molecule has 1 aliphatic carbocycles. The number of hydrogen-bond acceptors (Lipinski definition) is 5. The number of hydrogen-bond donors (Lipinski definition) is 1. The third-order valence-corrected chi connectivity index (χ3v) is 5.53. The lowest BCUT2D eigenvalue weighted by molar-refractivity contribution is -0.119. The third kappa shape index (κ3) is 5.08. The standard InChI is InChI=1S/C19H25N3O2S/c1-13-9-10-15(11-14(13)2)18-21-22-19(24-18)25-12-17(23)20-16-7-5-3-4-6-8-16/h9-11,16H,3-8,12H2,1-2H3,(H,20,23). The van der Waals surface area contributed by atoms with Crippen LogP contribution in [0.25, 0.3) is 11.5 Å². The summed E-state index contributed by atoms with van der Waals surface area (Å²) < 4.78 is 5.69. The molecular weight excluding hydrogens is 334 g/mol. The predicted molar refractivity (Wildman–Crippen MR) is 99.6 cm³/mol. The Labute approximate surface area is 153 Å². The van der Waals surface area contributed by atoms with Gasteiger partial charge in [-0.1, -0.05) is 43.5 Å². The van der Waals surface area contributed by atoms with E-state index in [1.165, 1.54) is 48.6 Å². The SMILES string of the molecule is Cc1ccc(-c2nnc(SCC(=O)NC3CCCCCC3)o2)cc1C. The number of amides is 1. The summed E-state index contributed by atoms with van der Waals surface area (Å²) >= 11 is 1.29. The highest BCUT2D eigenvalue weighted by Gasteiger charge is 2.16. The number of nitrogens with zero attached hydrogens (tertiary/aromatic N) is 2. The maximum Gasteiger partial charge on any atom is 0.277 e. The van der Waals surface area contributed by atoms with Gasteiger partial charge in [0.05, 0.1) is 5.75 Å². The van der Waals surface area contributed by atoms with Gasteiger partial charge in [-0.3, -0.25) is 4.79 Å². The second kappa shape index (κ2) is 8.52. The first-order chi connectivity index (χ1) is 12.1. The summed E-state index contributed by atoms with van der Waals surface area (Å²) in [6.45, 7) is 4.13. The predicted octanol–water partition coefficient (Wildman–Crippen LogP) is 4.28. The zero-order valence-electron chi connectivity index (χ0n) is 14.9. The number of carbonyl (C=O) groups is 1. The van der Waals surface area contributed by atoms with Crippen LogP contribution in [0.1, 0.15) is 49.7 Å². The Kier molecular flexibility index (Phi) is 6.13. The summed E-state index contributed by atoms with van der Waals surface area (Å²) in [5, 5.41) is 11.7. The molecule has 6 heteroatoms. The maximum absolute atomic E-state index is 12.1. The van der Waals surface area contributed by atoms with Crippen LogP contribution >= 0.6 is 11.8 Å². The van der Waals surface area contributed by atoms with Gasteiger partial charge in [-0.15, -0.1) is 10.2 Å². The monoisotopic (exact) mass is 359 g/mol. The summed E-state index contributed by atoms with van der Waals surface area (Å²) in [6.07, 6.45) is 7.17. The van der Waals surface area contributed by atoms with Crippen molar-refractivity contribution >= 4 is 17.7 Å². The van der Waals surface area contributed by atoms with Crippen molar-refractivity contribution in [2.45, 2.75) is 63.6 Å². The molecule has 2 aromatic rings. The Bertz CT molecular complexity index is 721. The molecular formula is C19H25N3O2S. The average molecular weight is 359 g/mol. The Hall–Kier alpha value is -1.82. The lowest BCUT2D eigenvalue weighted by atomic mass is 10.1. The highest BCUT2D eigenvalue weighted by atomic mass is 32.2. The topological polar surface area (TPSA) is 68.0 Å². The Morgan fingerprint density at radius 2 is 1.92 bits per heavy atom. The molecule has 3 rings (SSSR count). The molecule has 1 aromatic heterocycles. The first-order valence-electron chi connectivity index (χ1n) is 8.95. The van der Waals surface area contributed by atoms with E-state index in [2.05, 4.69) is 29.4 Å². The number of thioether (sulfide) groups is 1. The van der Waals surface area contributed by atoms with E-state index in [0.29, 0.717) is 22.9 Å². The first kappa shape index (κ1) is 18.0. The molecule has 1 heterocycles. The van der Waals surface area contributed by atoms with Crippen LogP contribution in [0.5, 0.6) is 0 Å². The smallest absolute Gasteiger partial charge is 0.277 e. The quantitative estimate of drug-likeness (QED) is 0.637. The van der Waals surface area contributed by atoms with Crippen molar-refractivity contribution in [3.05, 3.63) is 29.3 Å². The third-order valence-electron chi connectivity index (χ3n) is 4.71. The van der Waals surface area contributed by atoms with E-state index in [1.807, 2.05) is 18.2 Å². The zero-order chi connectivity index (χ0) is 17.6. The van der Waals surface area contributed by atoms with Crippen molar-refractivity contribution in [1.29, 1.82) is 0 Å². The number of carbonyl (C=O) groups excluding carboxylic acids is 1. The van der Waals surface area contributed by atoms with Gasteiger partial charge in [0.1, 0.15) is 0 Å². The van der Waals surface area contributed by atoms with Crippen LogP contribution in [0.3, 0.4) is 0 Å². The minimum Gasteiger partial charge on any atom is -0.411 e. The molecule has 1 fully saturated rings. The molecule has 1 aliphatic rings. The average Bonchev–Trinajstić information content (AvgIpc) is 2.93. The number of aromatic nitrogens is 2. The fraction of sp³-hybridized carbons (Fsp3) is 0.526. The van der Waals surface area contributed by atoms with Gasteiger partial charge < -0.3 is 9.73 Å². The molecule has 0 bridgehead atoms. The van der Waals surface area contributed by atoms with Crippen molar-refractivity contribution in [3.8, 4) is 11.5 Å². The Balaban J connectivity index is 1.52. The van der Waals surface area contributed by atoms with E-state index < -0.39 is 0 Å². The van der Waals surface area contributed by atoms with Crippen molar-refractivity contribution < 1.29 is 9.21 Å². The second-order valence-electron chi connectivity index (χ2n) is 6.72. The van der Waals surface area contributed by atoms with Crippen LogP contribution in [0.15, 0.2) is 27.8 Å². The second-order valence-corrected chi connectivity index (χ2v) is 7.64. The summed E-state index contributed by atoms with van der Waals surface area (Å²) in [6, 6.07) is 6.38. The zero-order valence-corrected chi connectivity index (χ0v) is 15.7. The lowest BCUT2D eigenvalue weighted by Crippen LogP contribution is -2.35. The molecule has 1 N–H and O–H groups in total. The van der Waals surface area contributed by atoms with Gasteiger partial charge in [-0.2, -0.15) is 0 Å². The summed E-state index contributed by atoms with van der Waals surface area (Å²) in [5.41, 5.74) is 3.33. The first-order valence-corrected chi connectivity index (χ1v) is 9.93. The van der Waals surface area contributed by atoms with Crippen LogP contribution in [-0.2, 0) is 4.79 Å². The van der Waals surface area contributed by atoms with Crippen molar-refractivity contribution in [1.82, 2.24) is 15.5 Å². The van der Waals surface area contributed by atoms with E-state index in [0.717, 1.165) is 18.4 Å². The van der Waals surface area contributed by atoms with Gasteiger partial charge in [0.2, 0.25) is 11.8 Å². The highest BCUT2D eigenvalue weighted by molar-refractivity contribution is 7.99. The van der Waals surface area contributed by atoms with E-state index >= 15 is 0 Å². The summed E-state index contributed by atoms with van der Waals surface area (Å²) in [5.74, 6) is 0.850. The lowest BCUT2D eigenvalue weighted by Gasteiger charge is -2.15. The van der Waals surface area contributed by atoms with Crippen LogP contribution < -0.4 is 5.32 Å². The van der Waals surface area contributed by atoms with Gasteiger partial charge in [0, 0.05) is 11.6 Å². The summed E-state index contributed by atoms with van der Waals surface area (Å²) in [7, 11) is 0. The van der Waals surface area contributed by atoms with Crippen molar-refractivity contribution in [3.63, 3.8) is 0 Å². The molecule has 1 aromatic carbocycles. The minimum atomic E-state index is 0.0443. The fourth-order valence-electron chi connectivity index (χ4n) is 3.08. The van der Waals surface area contributed by atoms with Crippen LogP contribution in [0.2, 0.25) is 0 Å². The summed E-state index contributed by atoms with van der Waals surface area (Å²) in [4.78, 5) is 12.1. The minimum absolute atomic E-state index is 0.0443.